The van der Waals surface area contributed by atoms with Gasteiger partial charge in [0.2, 0.25) is 0 Å². The summed E-state index contributed by atoms with van der Waals surface area (Å²) in [6.45, 7) is 2.36. The van der Waals surface area contributed by atoms with E-state index in [1.807, 2.05) is 0 Å². The maximum atomic E-state index is 11.5. The van der Waals surface area contributed by atoms with Gasteiger partial charge in [0.25, 0.3) is 0 Å². The lowest BCUT2D eigenvalue weighted by Crippen LogP contribution is -2.45. The van der Waals surface area contributed by atoms with E-state index in [0.717, 1.165) is 30.7 Å². The SMILES string of the molecule is O=CC1=CC2(CCN(C3CCCCCC3)CC2)c2ccccc21. The molecule has 23 heavy (non-hydrogen) atoms. The molecule has 2 heteroatoms. The van der Waals surface area contributed by atoms with Crippen molar-refractivity contribution in [2.45, 2.75) is 62.8 Å². The molecule has 1 aromatic rings. The average Bonchev–Trinajstić information content (AvgIpc) is 2.77. The van der Waals surface area contributed by atoms with E-state index in [9.17, 15) is 4.79 Å². The molecule has 0 unspecified atom stereocenters. The Labute approximate surface area is 139 Å². The molecule has 2 fully saturated rings. The van der Waals surface area contributed by atoms with Crippen LogP contribution < -0.4 is 0 Å². The van der Waals surface area contributed by atoms with Gasteiger partial charge in [0.15, 0.2) is 0 Å². The molecular weight excluding hydrogens is 282 g/mol. The first-order chi connectivity index (χ1) is 11.3. The predicted molar refractivity (Wildman–Crippen MR) is 94.5 cm³/mol. The standard InChI is InChI=1S/C21H27NO/c23-16-17-15-21(20-10-6-5-9-19(17)20)11-13-22(14-12-21)18-7-3-1-2-4-8-18/h5-6,9-10,15-16,18H,1-4,7-8,11-14H2. The van der Waals surface area contributed by atoms with Crippen LogP contribution >= 0.6 is 0 Å². The number of rotatable bonds is 2. The summed E-state index contributed by atoms with van der Waals surface area (Å²) in [4.78, 5) is 14.2. The minimum Gasteiger partial charge on any atom is -0.300 e. The Bertz CT molecular complexity index is 602. The van der Waals surface area contributed by atoms with Gasteiger partial charge in [-0.05, 0) is 49.9 Å². The first kappa shape index (κ1) is 15.1. The number of fused-ring (bicyclic) bond motifs is 2. The lowest BCUT2D eigenvalue weighted by Gasteiger charge is -2.42. The van der Waals surface area contributed by atoms with Crippen molar-refractivity contribution in [3.05, 3.63) is 41.5 Å². The number of nitrogens with zero attached hydrogens (tertiary/aromatic N) is 1. The van der Waals surface area contributed by atoms with E-state index in [1.165, 1.54) is 62.7 Å². The summed E-state index contributed by atoms with van der Waals surface area (Å²) in [7, 11) is 0. The molecule has 4 rings (SSSR count). The first-order valence-electron chi connectivity index (χ1n) is 9.34. The van der Waals surface area contributed by atoms with Gasteiger partial charge in [-0.15, -0.1) is 0 Å². The van der Waals surface area contributed by atoms with Crippen LogP contribution in [0, 0.1) is 0 Å². The third-order valence-electron chi connectivity index (χ3n) is 6.36. The zero-order chi connectivity index (χ0) is 15.7. The van der Waals surface area contributed by atoms with Gasteiger partial charge in [0, 0.05) is 17.0 Å². The van der Waals surface area contributed by atoms with Gasteiger partial charge in [-0.3, -0.25) is 4.79 Å². The second kappa shape index (κ2) is 6.24. The monoisotopic (exact) mass is 309 g/mol. The number of carbonyl (C=O) groups excluding carboxylic acids is 1. The van der Waals surface area contributed by atoms with Crippen molar-refractivity contribution >= 4 is 11.9 Å². The summed E-state index contributed by atoms with van der Waals surface area (Å²) in [5, 5.41) is 0. The van der Waals surface area contributed by atoms with Crippen molar-refractivity contribution in [2.75, 3.05) is 13.1 Å². The Balaban J connectivity index is 1.53. The first-order valence-corrected chi connectivity index (χ1v) is 9.34. The van der Waals surface area contributed by atoms with Crippen LogP contribution in [0.5, 0.6) is 0 Å². The number of benzene rings is 1. The van der Waals surface area contributed by atoms with Crippen LogP contribution in [-0.4, -0.2) is 30.3 Å². The summed E-state index contributed by atoms with van der Waals surface area (Å²) < 4.78 is 0. The van der Waals surface area contributed by atoms with E-state index < -0.39 is 0 Å². The zero-order valence-electron chi connectivity index (χ0n) is 14.0. The second-order valence-corrected chi connectivity index (χ2v) is 7.60. The van der Waals surface area contributed by atoms with Gasteiger partial charge in [-0.2, -0.15) is 0 Å². The fourth-order valence-corrected chi connectivity index (χ4v) is 5.04. The molecule has 0 bridgehead atoms. The van der Waals surface area contributed by atoms with Gasteiger partial charge < -0.3 is 4.90 Å². The maximum Gasteiger partial charge on any atom is 0.150 e. The number of hydrogen-bond donors (Lipinski definition) is 0. The number of piperidine rings is 1. The molecule has 0 N–H and O–H groups in total. The van der Waals surface area contributed by atoms with Crippen LogP contribution in [0.25, 0.3) is 5.57 Å². The Morgan fingerprint density at radius 1 is 1.00 bits per heavy atom. The summed E-state index contributed by atoms with van der Waals surface area (Å²) >= 11 is 0. The van der Waals surface area contributed by atoms with Crippen molar-refractivity contribution in [3.8, 4) is 0 Å². The number of allylic oxidation sites excluding steroid dienone is 2. The van der Waals surface area contributed by atoms with Crippen LogP contribution in [0.4, 0.5) is 0 Å². The smallest absolute Gasteiger partial charge is 0.150 e. The van der Waals surface area contributed by atoms with E-state index >= 15 is 0 Å². The molecule has 1 heterocycles. The molecule has 2 aliphatic carbocycles. The third kappa shape index (κ3) is 2.67. The molecule has 1 aromatic carbocycles. The Kier molecular flexibility index (Phi) is 4.11. The highest BCUT2D eigenvalue weighted by atomic mass is 16.1. The highest BCUT2D eigenvalue weighted by molar-refractivity contribution is 6.10. The second-order valence-electron chi connectivity index (χ2n) is 7.60. The van der Waals surface area contributed by atoms with E-state index in [1.54, 1.807) is 0 Å². The molecule has 1 saturated heterocycles. The largest absolute Gasteiger partial charge is 0.300 e. The number of aldehydes is 1. The summed E-state index contributed by atoms with van der Waals surface area (Å²) in [6, 6.07) is 9.34. The maximum absolute atomic E-state index is 11.5. The molecule has 3 aliphatic rings. The Morgan fingerprint density at radius 3 is 2.39 bits per heavy atom. The number of carbonyl (C=O) groups is 1. The Morgan fingerprint density at radius 2 is 1.70 bits per heavy atom. The summed E-state index contributed by atoms with van der Waals surface area (Å²) in [6.07, 6.45) is 14.1. The number of likely N-dealkylation sites (tertiary alicyclic amines) is 1. The van der Waals surface area contributed by atoms with E-state index in [-0.39, 0.29) is 5.41 Å². The molecule has 0 radical (unpaired) electrons. The molecule has 1 aliphatic heterocycles. The lowest BCUT2D eigenvalue weighted by molar-refractivity contribution is -0.103. The lowest BCUT2D eigenvalue weighted by atomic mass is 9.74. The molecule has 1 spiro atoms. The van der Waals surface area contributed by atoms with Gasteiger partial charge >= 0.3 is 0 Å². The zero-order valence-corrected chi connectivity index (χ0v) is 14.0. The molecule has 1 saturated carbocycles. The van der Waals surface area contributed by atoms with Gasteiger partial charge in [-0.1, -0.05) is 56.0 Å². The number of hydrogen-bond acceptors (Lipinski definition) is 2. The van der Waals surface area contributed by atoms with E-state index in [0.29, 0.717) is 0 Å². The molecular formula is C21H27NO. The van der Waals surface area contributed by atoms with Crippen molar-refractivity contribution in [1.82, 2.24) is 4.90 Å². The third-order valence-corrected chi connectivity index (χ3v) is 6.36. The van der Waals surface area contributed by atoms with Crippen molar-refractivity contribution < 1.29 is 4.79 Å². The molecule has 0 aromatic heterocycles. The van der Waals surface area contributed by atoms with Crippen LogP contribution in [-0.2, 0) is 10.2 Å². The fraction of sp³-hybridized carbons (Fsp3) is 0.571. The average molecular weight is 309 g/mol. The van der Waals surface area contributed by atoms with Crippen molar-refractivity contribution in [2.24, 2.45) is 0 Å². The van der Waals surface area contributed by atoms with E-state index in [2.05, 4.69) is 35.2 Å². The summed E-state index contributed by atoms with van der Waals surface area (Å²) in [5.41, 5.74) is 3.59. The van der Waals surface area contributed by atoms with Crippen LogP contribution in [0.2, 0.25) is 0 Å². The normalized spacial score (nSPS) is 25.0. The Hall–Kier alpha value is -1.41. The minimum atomic E-state index is 0.119. The topological polar surface area (TPSA) is 20.3 Å². The summed E-state index contributed by atoms with van der Waals surface area (Å²) in [5.74, 6) is 0. The molecule has 0 amide bonds. The van der Waals surface area contributed by atoms with Crippen LogP contribution in [0.3, 0.4) is 0 Å². The predicted octanol–water partition coefficient (Wildman–Crippen LogP) is 4.34. The van der Waals surface area contributed by atoms with Gasteiger partial charge in [0.05, 0.1) is 0 Å². The van der Waals surface area contributed by atoms with Crippen LogP contribution in [0.1, 0.15) is 62.5 Å². The molecule has 2 nitrogen and oxygen atoms in total. The highest BCUT2D eigenvalue weighted by Gasteiger charge is 2.41. The quantitative estimate of drug-likeness (QED) is 0.598. The van der Waals surface area contributed by atoms with E-state index in [4.69, 9.17) is 0 Å². The van der Waals surface area contributed by atoms with Crippen molar-refractivity contribution in [3.63, 3.8) is 0 Å². The highest BCUT2D eigenvalue weighted by Crippen LogP contribution is 2.47. The molecule has 0 atom stereocenters. The van der Waals surface area contributed by atoms with Crippen molar-refractivity contribution in [1.29, 1.82) is 0 Å². The minimum absolute atomic E-state index is 0.119. The van der Waals surface area contributed by atoms with Gasteiger partial charge in [-0.25, -0.2) is 0 Å². The van der Waals surface area contributed by atoms with Gasteiger partial charge in [0.1, 0.15) is 6.29 Å². The fourth-order valence-electron chi connectivity index (χ4n) is 5.04. The molecule has 122 valence electrons. The van der Waals surface area contributed by atoms with Crippen LogP contribution in [0.15, 0.2) is 30.3 Å².